The summed E-state index contributed by atoms with van der Waals surface area (Å²) >= 11 is 0. The van der Waals surface area contributed by atoms with Crippen molar-refractivity contribution in [3.63, 3.8) is 0 Å². The normalized spacial score (nSPS) is 12.7. The SMILES string of the molecule is c1ccc(-c2nc(-c3ccccc3)nc(C3(c4ccc(N(c5ccccc5)c5ccccc5)cc4)c4ccccc4N(c4ccccc4)c4ccccc43)n2)cc1. The van der Waals surface area contributed by atoms with Crippen molar-refractivity contribution in [2.45, 2.75) is 5.41 Å². The maximum absolute atomic E-state index is 5.50. The molecule has 0 amide bonds. The predicted molar refractivity (Wildman–Crippen MR) is 232 cm³/mol. The van der Waals surface area contributed by atoms with E-state index in [1.807, 2.05) is 36.4 Å². The second-order valence-electron chi connectivity index (χ2n) is 14.0. The fraction of sp³-hybridized carbons (Fsp3) is 0.0192. The van der Waals surface area contributed by atoms with Crippen LogP contribution in [0.5, 0.6) is 0 Å². The Hall–Kier alpha value is -7.63. The van der Waals surface area contributed by atoms with E-state index < -0.39 is 5.41 Å². The van der Waals surface area contributed by atoms with Crippen LogP contribution in [0.4, 0.5) is 34.1 Å². The van der Waals surface area contributed by atoms with E-state index in [9.17, 15) is 0 Å². The van der Waals surface area contributed by atoms with E-state index in [-0.39, 0.29) is 0 Å². The summed E-state index contributed by atoms with van der Waals surface area (Å²) in [6, 6.07) is 78.4. The van der Waals surface area contributed by atoms with Gasteiger partial charge in [-0.3, -0.25) is 0 Å². The van der Waals surface area contributed by atoms with Crippen molar-refractivity contribution in [2.24, 2.45) is 0 Å². The first-order valence-electron chi connectivity index (χ1n) is 19.2. The minimum atomic E-state index is -0.947. The average molecular weight is 732 g/mol. The molecule has 0 radical (unpaired) electrons. The molecule has 8 aromatic carbocycles. The molecular weight excluding hydrogens is 695 g/mol. The smallest absolute Gasteiger partial charge is 0.163 e. The quantitative estimate of drug-likeness (QED) is 0.156. The van der Waals surface area contributed by atoms with Gasteiger partial charge in [0.15, 0.2) is 17.5 Å². The molecule has 0 aliphatic carbocycles. The van der Waals surface area contributed by atoms with Gasteiger partial charge in [-0.15, -0.1) is 0 Å². The van der Waals surface area contributed by atoms with Gasteiger partial charge < -0.3 is 9.80 Å². The molecule has 270 valence electrons. The Kier molecular flexibility index (Phi) is 8.65. The summed E-state index contributed by atoms with van der Waals surface area (Å²) < 4.78 is 0. The number of fused-ring (bicyclic) bond motifs is 2. The van der Waals surface area contributed by atoms with E-state index >= 15 is 0 Å². The van der Waals surface area contributed by atoms with Gasteiger partial charge in [-0.05, 0) is 77.4 Å². The highest BCUT2D eigenvalue weighted by molar-refractivity contribution is 5.89. The Bertz CT molecular complexity index is 2630. The lowest BCUT2D eigenvalue weighted by atomic mass is 9.65. The highest BCUT2D eigenvalue weighted by Crippen LogP contribution is 2.57. The van der Waals surface area contributed by atoms with Crippen molar-refractivity contribution in [3.8, 4) is 22.8 Å². The topological polar surface area (TPSA) is 45.2 Å². The van der Waals surface area contributed by atoms with Crippen LogP contribution in [0.3, 0.4) is 0 Å². The van der Waals surface area contributed by atoms with E-state index in [4.69, 9.17) is 15.0 Å². The van der Waals surface area contributed by atoms with Crippen LogP contribution in [-0.4, -0.2) is 15.0 Å². The van der Waals surface area contributed by atoms with Gasteiger partial charge in [0.05, 0.1) is 11.4 Å². The minimum absolute atomic E-state index is 0.621. The van der Waals surface area contributed by atoms with Crippen LogP contribution in [0.15, 0.2) is 224 Å². The zero-order valence-corrected chi connectivity index (χ0v) is 31.1. The van der Waals surface area contributed by atoms with Gasteiger partial charge >= 0.3 is 0 Å². The summed E-state index contributed by atoms with van der Waals surface area (Å²) in [6.45, 7) is 0. The van der Waals surface area contributed by atoms with Crippen molar-refractivity contribution in [3.05, 3.63) is 247 Å². The molecule has 5 heteroatoms. The Morgan fingerprint density at radius 1 is 0.351 bits per heavy atom. The fourth-order valence-corrected chi connectivity index (χ4v) is 8.22. The third-order valence-electron chi connectivity index (χ3n) is 10.7. The predicted octanol–water partition coefficient (Wildman–Crippen LogP) is 12.8. The van der Waals surface area contributed by atoms with Crippen molar-refractivity contribution < 1.29 is 0 Å². The van der Waals surface area contributed by atoms with Crippen molar-refractivity contribution in [1.29, 1.82) is 0 Å². The van der Waals surface area contributed by atoms with E-state index in [0.29, 0.717) is 17.5 Å². The first-order chi connectivity index (χ1) is 28.3. The van der Waals surface area contributed by atoms with Crippen LogP contribution < -0.4 is 9.80 Å². The first-order valence-corrected chi connectivity index (χ1v) is 19.2. The maximum atomic E-state index is 5.50. The van der Waals surface area contributed by atoms with Crippen LogP contribution in [0, 0.1) is 0 Å². The van der Waals surface area contributed by atoms with Gasteiger partial charge in [0.1, 0.15) is 5.41 Å². The molecule has 0 unspecified atom stereocenters. The molecular formula is C52H37N5. The lowest BCUT2D eigenvalue weighted by Crippen LogP contribution is -2.39. The largest absolute Gasteiger partial charge is 0.311 e. The zero-order valence-electron chi connectivity index (χ0n) is 31.1. The average Bonchev–Trinajstić information content (AvgIpc) is 3.30. The first kappa shape index (κ1) is 33.9. The molecule has 0 atom stereocenters. The molecule has 1 aliphatic heterocycles. The van der Waals surface area contributed by atoms with Gasteiger partial charge in [-0.1, -0.05) is 164 Å². The van der Waals surface area contributed by atoms with Gasteiger partial charge in [0, 0.05) is 33.9 Å². The van der Waals surface area contributed by atoms with Crippen molar-refractivity contribution >= 4 is 34.1 Å². The lowest BCUT2D eigenvalue weighted by molar-refractivity contribution is 0.666. The highest BCUT2D eigenvalue weighted by atomic mass is 15.2. The summed E-state index contributed by atoms with van der Waals surface area (Å²) in [7, 11) is 0. The fourth-order valence-electron chi connectivity index (χ4n) is 8.22. The van der Waals surface area contributed by atoms with E-state index in [2.05, 4.69) is 198 Å². The standard InChI is InChI=1S/C52H37N5/c1-6-20-38(21-7-1)49-53-50(39-22-8-2-9-23-39)55-51(54-49)52(40-34-36-44(37-35-40)56(41-24-10-3-11-25-41)42-26-12-4-13-27-42)45-30-16-18-32-47(45)57(43-28-14-5-15-29-43)48-33-19-17-31-46(48)52/h1-37H. The molecule has 2 heterocycles. The van der Waals surface area contributed by atoms with Crippen LogP contribution in [0.1, 0.15) is 22.5 Å². The molecule has 0 saturated carbocycles. The molecule has 1 aromatic heterocycles. The molecule has 0 N–H and O–H groups in total. The second kappa shape index (κ2) is 14.5. The summed E-state index contributed by atoms with van der Waals surface area (Å²) in [5.41, 5.74) is 10.5. The molecule has 1 aliphatic rings. The summed E-state index contributed by atoms with van der Waals surface area (Å²) in [4.78, 5) is 20.8. The number of para-hydroxylation sites is 5. The van der Waals surface area contributed by atoms with Gasteiger partial charge in [-0.2, -0.15) is 0 Å². The molecule has 5 nitrogen and oxygen atoms in total. The zero-order chi connectivity index (χ0) is 38.0. The Morgan fingerprint density at radius 2 is 0.737 bits per heavy atom. The molecule has 57 heavy (non-hydrogen) atoms. The third-order valence-corrected chi connectivity index (χ3v) is 10.7. The lowest BCUT2D eigenvalue weighted by Gasteiger charge is -2.45. The van der Waals surface area contributed by atoms with Crippen molar-refractivity contribution in [1.82, 2.24) is 15.0 Å². The number of benzene rings is 8. The summed E-state index contributed by atoms with van der Waals surface area (Å²) in [6.07, 6.45) is 0. The van der Waals surface area contributed by atoms with E-state index in [0.717, 1.165) is 61.9 Å². The highest BCUT2D eigenvalue weighted by Gasteiger charge is 2.49. The number of aromatic nitrogens is 3. The molecule has 9 aromatic rings. The Morgan fingerprint density at radius 3 is 1.21 bits per heavy atom. The van der Waals surface area contributed by atoms with Crippen LogP contribution in [-0.2, 0) is 5.41 Å². The molecule has 0 saturated heterocycles. The monoisotopic (exact) mass is 731 g/mol. The molecule has 0 fully saturated rings. The number of hydrogen-bond donors (Lipinski definition) is 0. The second-order valence-corrected chi connectivity index (χ2v) is 14.0. The van der Waals surface area contributed by atoms with Gasteiger partial charge in [0.25, 0.3) is 0 Å². The number of nitrogens with zero attached hydrogens (tertiary/aromatic N) is 5. The summed E-state index contributed by atoms with van der Waals surface area (Å²) in [5, 5.41) is 0. The van der Waals surface area contributed by atoms with Gasteiger partial charge in [-0.25, -0.2) is 15.0 Å². The minimum Gasteiger partial charge on any atom is -0.311 e. The Labute approximate surface area is 332 Å². The maximum Gasteiger partial charge on any atom is 0.163 e. The Balaban J connectivity index is 1.28. The molecule has 0 spiro atoms. The van der Waals surface area contributed by atoms with E-state index in [1.165, 1.54) is 0 Å². The third kappa shape index (κ3) is 5.94. The number of rotatable bonds is 8. The van der Waals surface area contributed by atoms with Crippen molar-refractivity contribution in [2.75, 3.05) is 9.80 Å². The van der Waals surface area contributed by atoms with Gasteiger partial charge in [0.2, 0.25) is 0 Å². The van der Waals surface area contributed by atoms with Crippen LogP contribution in [0.2, 0.25) is 0 Å². The van der Waals surface area contributed by atoms with Crippen LogP contribution >= 0.6 is 0 Å². The number of anilines is 6. The molecule has 0 bridgehead atoms. The number of hydrogen-bond acceptors (Lipinski definition) is 5. The van der Waals surface area contributed by atoms with E-state index in [1.54, 1.807) is 0 Å². The van der Waals surface area contributed by atoms with Crippen LogP contribution in [0.25, 0.3) is 22.8 Å². The molecule has 10 rings (SSSR count). The summed E-state index contributed by atoms with van der Waals surface area (Å²) in [5.74, 6) is 1.89.